The highest BCUT2D eigenvalue weighted by molar-refractivity contribution is 6.33. The predicted octanol–water partition coefficient (Wildman–Crippen LogP) is 12.9. The van der Waals surface area contributed by atoms with Gasteiger partial charge in [0.1, 0.15) is 27.1 Å². The molecule has 25 heteroatoms. The molecule has 0 atom stereocenters. The largest absolute Gasteiger partial charge is 0.397 e. The normalized spacial score (nSPS) is 9.74. The first-order valence-electron chi connectivity index (χ1n) is 26.6. The number of aliphatic hydroxyl groups excluding tert-OH is 1. The van der Waals surface area contributed by atoms with Crippen LogP contribution >= 0.6 is 34.8 Å². The van der Waals surface area contributed by atoms with Crippen LogP contribution < -0.4 is 50.9 Å². The summed E-state index contributed by atoms with van der Waals surface area (Å²) < 4.78 is 2.73. The van der Waals surface area contributed by atoms with E-state index in [4.69, 9.17) is 74.4 Å². The molecule has 0 aliphatic carbocycles. The van der Waals surface area contributed by atoms with Gasteiger partial charge >= 0.3 is 5.69 Å². The highest BCUT2D eigenvalue weighted by atomic mass is 35.5. The summed E-state index contributed by atoms with van der Waals surface area (Å²) in [6.07, 6.45) is 0.936. The lowest BCUT2D eigenvalue weighted by molar-refractivity contribution is 0.318. The first kappa shape index (κ1) is 74.6. The Morgan fingerprint density at radius 1 is 0.440 bits per heavy atom. The number of aromatic nitrogens is 12. The molecule has 0 spiro atoms. The maximum atomic E-state index is 12.5. The Morgan fingerprint density at radius 2 is 0.780 bits per heavy atom. The fourth-order valence-electron chi connectivity index (χ4n) is 7.87. The van der Waals surface area contributed by atoms with Gasteiger partial charge in [-0.25, -0.2) is 54.6 Å². The molecule has 6 aromatic carbocycles. The van der Waals surface area contributed by atoms with Gasteiger partial charge < -0.3 is 44.5 Å². The van der Waals surface area contributed by atoms with E-state index in [1.807, 2.05) is 176 Å². The van der Waals surface area contributed by atoms with Crippen LogP contribution in [0.15, 0.2) is 217 Å². The molecule has 12 rings (SSSR count). The van der Waals surface area contributed by atoms with Gasteiger partial charge in [-0.1, -0.05) is 247 Å². The van der Waals surface area contributed by atoms with Gasteiger partial charge in [-0.2, -0.15) is 9.97 Å². The van der Waals surface area contributed by atoms with Gasteiger partial charge in [0.25, 0.3) is 0 Å². The highest BCUT2D eigenvalue weighted by Gasteiger charge is 2.14. The molecule has 0 aliphatic rings. The van der Waals surface area contributed by atoms with Gasteiger partial charge in [0, 0.05) is 65.7 Å². The number of nitrogens with zero attached hydrogens (tertiary/aromatic N) is 12. The fourth-order valence-corrected chi connectivity index (χ4v) is 8.49. The minimum absolute atomic E-state index is 0. The van der Waals surface area contributed by atoms with E-state index >= 15 is 0 Å². The Kier molecular flexibility index (Phi) is 31.7. The average Bonchev–Trinajstić information content (AvgIpc) is 1.72. The summed E-state index contributed by atoms with van der Waals surface area (Å²) in [5.74, 6) is 7.42. The molecule has 474 valence electrons. The predicted molar refractivity (Wildman–Crippen MR) is 376 cm³/mol. The molecule has 0 radical (unpaired) electrons. The number of fused-ring (bicyclic) bond motifs is 1. The van der Waals surface area contributed by atoms with Gasteiger partial charge in [0.05, 0.1) is 29.3 Å². The number of hydrogen-bond donors (Lipinski definition) is 9. The van der Waals surface area contributed by atoms with Gasteiger partial charge in [-0.3, -0.25) is 0 Å². The van der Waals surface area contributed by atoms with Crippen molar-refractivity contribution in [1.82, 2.24) is 59.0 Å². The lowest BCUT2D eigenvalue weighted by Gasteiger charge is -2.08. The topological polar surface area (TPSA) is 356 Å². The molecule has 6 aromatic heterocycles. The Morgan fingerprint density at radius 3 is 1.19 bits per heavy atom. The lowest BCUT2D eigenvalue weighted by Crippen LogP contribution is -2.23. The molecule has 91 heavy (non-hydrogen) atoms. The van der Waals surface area contributed by atoms with Crippen LogP contribution in [0.4, 0.5) is 41.4 Å². The molecule has 0 aliphatic heterocycles. The van der Waals surface area contributed by atoms with Crippen LogP contribution in [0, 0.1) is 0 Å². The zero-order chi connectivity index (χ0) is 61.9. The van der Waals surface area contributed by atoms with Crippen molar-refractivity contribution in [3.05, 3.63) is 249 Å². The summed E-state index contributed by atoms with van der Waals surface area (Å²) in [6.45, 7) is 3.12. The molecular weight excluding hydrogens is 1210 g/mol. The van der Waals surface area contributed by atoms with Gasteiger partial charge in [0.15, 0.2) is 5.65 Å². The molecule has 0 saturated carbocycles. The van der Waals surface area contributed by atoms with E-state index in [1.54, 1.807) is 25.1 Å². The Labute approximate surface area is 545 Å². The van der Waals surface area contributed by atoms with Crippen LogP contribution in [0.25, 0.3) is 50.7 Å². The summed E-state index contributed by atoms with van der Waals surface area (Å²) in [4.78, 5) is 48.5. The number of nitrogens with one attached hydrogen (secondary N) is 2. The lowest BCUT2D eigenvalue weighted by atomic mass is 10.1. The van der Waals surface area contributed by atoms with Crippen molar-refractivity contribution in [2.45, 2.75) is 49.6 Å². The third-order valence-corrected chi connectivity index (χ3v) is 12.2. The number of benzene rings is 6. The number of halogens is 3. The SMILES string of the molecule is C.C.C.C.CCO.NNc1cc(-c2ccccc2)nc(N)n1.Nc1nc(-c2ccccc2)cc2nn(Cc3ccccc3)c(=O)n12.Nc1nc(Cl)cc(-c2ccccc2)n1.Nc1nc(Cl)cc(Cl)n1.Nc1nc(NCCc2ccccc2)cc(-c2ccccc2)n1. The van der Waals surface area contributed by atoms with E-state index in [1.165, 1.54) is 20.7 Å². The van der Waals surface area contributed by atoms with Crippen molar-refractivity contribution in [2.75, 3.05) is 52.6 Å². The molecule has 12 aromatic rings. The van der Waals surface area contributed by atoms with Crippen LogP contribution in [0.3, 0.4) is 0 Å². The number of hydrazine groups is 1. The molecule has 0 unspecified atom stereocenters. The summed E-state index contributed by atoms with van der Waals surface area (Å²) in [5.41, 5.74) is 39.9. The minimum Gasteiger partial charge on any atom is -0.397 e. The van der Waals surface area contributed by atoms with E-state index in [9.17, 15) is 4.79 Å². The summed E-state index contributed by atoms with van der Waals surface area (Å²) in [6, 6.07) is 67.6. The Balaban J connectivity index is 0.000000300. The third-order valence-electron chi connectivity index (χ3n) is 11.6. The number of nitrogen functional groups attached to an aromatic ring is 6. The zero-order valence-electron chi connectivity index (χ0n) is 46.9. The van der Waals surface area contributed by atoms with E-state index in [2.05, 4.69) is 72.8 Å². The van der Waals surface area contributed by atoms with Gasteiger partial charge in [-0.05, 0) is 24.5 Å². The summed E-state index contributed by atoms with van der Waals surface area (Å²) >= 11 is 16.6. The molecule has 0 bridgehead atoms. The second-order valence-corrected chi connectivity index (χ2v) is 19.2. The van der Waals surface area contributed by atoms with Gasteiger partial charge in [0.2, 0.25) is 29.7 Å². The van der Waals surface area contributed by atoms with Crippen molar-refractivity contribution in [3.8, 4) is 45.0 Å². The molecule has 0 saturated heterocycles. The molecule has 6 heterocycles. The molecule has 0 fully saturated rings. The number of hydrogen-bond acceptors (Lipinski definition) is 20. The van der Waals surface area contributed by atoms with Crippen LogP contribution in [0.1, 0.15) is 47.8 Å². The first-order valence-corrected chi connectivity index (χ1v) is 27.7. The van der Waals surface area contributed by atoms with E-state index in [-0.39, 0.29) is 82.1 Å². The van der Waals surface area contributed by atoms with Crippen LogP contribution in [0.5, 0.6) is 0 Å². The van der Waals surface area contributed by atoms with Crippen molar-refractivity contribution in [1.29, 1.82) is 0 Å². The summed E-state index contributed by atoms with van der Waals surface area (Å²) in [5, 5.41) is 16.2. The number of anilines is 7. The maximum absolute atomic E-state index is 12.5. The minimum atomic E-state index is -0.293. The van der Waals surface area contributed by atoms with E-state index in [0.29, 0.717) is 28.9 Å². The van der Waals surface area contributed by atoms with Crippen molar-refractivity contribution < 1.29 is 5.11 Å². The van der Waals surface area contributed by atoms with E-state index < -0.39 is 0 Å². The van der Waals surface area contributed by atoms with Crippen LogP contribution in [-0.2, 0) is 13.0 Å². The summed E-state index contributed by atoms with van der Waals surface area (Å²) in [7, 11) is 0. The quantitative estimate of drug-likeness (QED) is 0.0330. The number of aliphatic hydroxyl groups is 1. The van der Waals surface area contributed by atoms with E-state index in [0.717, 1.165) is 63.7 Å². The van der Waals surface area contributed by atoms with Crippen LogP contribution in [0.2, 0.25) is 15.5 Å². The molecule has 0 amide bonds. The number of nitrogens with two attached hydrogens (primary N) is 6. The van der Waals surface area contributed by atoms with Gasteiger partial charge in [-0.15, -0.1) is 5.10 Å². The molecular formula is C66H77Cl3N20O2. The smallest absolute Gasteiger partial charge is 0.353 e. The second-order valence-electron chi connectivity index (χ2n) is 18.0. The van der Waals surface area contributed by atoms with Crippen molar-refractivity contribution in [2.24, 2.45) is 5.84 Å². The first-order chi connectivity index (χ1) is 42.2. The van der Waals surface area contributed by atoms with Crippen LogP contribution in [-0.4, -0.2) is 77.3 Å². The fraction of sp³-hybridized carbons (Fsp3) is 0.136. The maximum Gasteiger partial charge on any atom is 0.353 e. The zero-order valence-corrected chi connectivity index (χ0v) is 49.1. The monoisotopic (exact) mass is 1290 g/mol. The third kappa shape index (κ3) is 23.8. The Hall–Kier alpha value is -10.6. The Bertz CT molecular complexity index is 4040. The van der Waals surface area contributed by atoms with Crippen molar-refractivity contribution in [3.63, 3.8) is 0 Å². The highest BCUT2D eigenvalue weighted by Crippen LogP contribution is 2.24. The molecule has 15 N–H and O–H groups in total. The average molecular weight is 1290 g/mol. The molecule has 22 nitrogen and oxygen atoms in total. The second kappa shape index (κ2) is 38.6. The standard InChI is InChI=1S/C18H15N5O.C18H18N4.C10H8ClN3.C10H11N5.C4H3Cl2N3.C2H6O.4CH4/c19-17-20-15(14-9-5-2-6-10-14)11-16-21-22(18(24)23(16)17)12-13-7-3-1-4-8-13;19-18-21-16(15-9-5-2-6-10-15)13-17(22-18)20-12-11-14-7-3-1-4-8-14;11-9-6-8(13-10(12)14-9)7-4-2-1-3-5-7;11-10-13-8(6-9(14-10)15-12)7-4-2-1-3-5-7;5-2-1-3(6)9-4(7)8-2;1-2-3;;;;/h1-11H,12H2,(H2,19,20);1-10,13H,11-12H2,(H3,19,20,21,22);1-6H,(H2,12,13,14);1-6H,12H2,(H3,11,13,14,15);1H,(H2,7,8,9);3H,2H2,1H3;4*1H4. The van der Waals surface area contributed by atoms with Crippen molar-refractivity contribution >= 4 is 81.8 Å². The number of rotatable bonds is 11.